The summed E-state index contributed by atoms with van der Waals surface area (Å²) in [6.07, 6.45) is 2.01. The molecule has 1 saturated heterocycles. The Morgan fingerprint density at radius 3 is 2.73 bits per heavy atom. The average molecular weight is 355 g/mol. The third-order valence-corrected chi connectivity index (χ3v) is 5.04. The van der Waals surface area contributed by atoms with E-state index in [0.717, 1.165) is 24.0 Å². The van der Waals surface area contributed by atoms with Crippen LogP contribution in [-0.4, -0.2) is 28.5 Å². The fourth-order valence-electron chi connectivity index (χ4n) is 3.58. The number of halogens is 1. The summed E-state index contributed by atoms with van der Waals surface area (Å²) in [4.78, 5) is 15.2. The Morgan fingerprint density at radius 1 is 1.19 bits per heavy atom. The van der Waals surface area contributed by atoms with Crippen molar-refractivity contribution in [1.82, 2.24) is 15.8 Å². The second-order valence-electron chi connectivity index (χ2n) is 7.03. The van der Waals surface area contributed by atoms with Crippen LogP contribution in [0.25, 0.3) is 0 Å². The van der Waals surface area contributed by atoms with E-state index >= 15 is 0 Å². The van der Waals surface area contributed by atoms with Gasteiger partial charge in [-0.05, 0) is 48.2 Å². The third kappa shape index (κ3) is 3.57. The minimum atomic E-state index is -0.304. The van der Waals surface area contributed by atoms with Crippen molar-refractivity contribution in [3.05, 3.63) is 65.5 Å². The van der Waals surface area contributed by atoms with Crippen molar-refractivity contribution in [2.45, 2.75) is 31.5 Å². The molecule has 4 rings (SSSR count). The lowest BCUT2D eigenvalue weighted by atomic mass is 9.93. The Morgan fingerprint density at radius 2 is 2.00 bits per heavy atom. The topological polar surface area (TPSA) is 64.6 Å². The summed E-state index contributed by atoms with van der Waals surface area (Å²) in [6.45, 7) is 0.980. The molecule has 2 aromatic rings. The molecule has 0 spiro atoms. The van der Waals surface area contributed by atoms with Crippen molar-refractivity contribution in [3.8, 4) is 5.75 Å². The van der Waals surface area contributed by atoms with Crippen molar-refractivity contribution < 1.29 is 14.3 Å². The van der Waals surface area contributed by atoms with Gasteiger partial charge in [0.15, 0.2) is 0 Å². The molecule has 1 aliphatic heterocycles. The van der Waals surface area contributed by atoms with E-state index in [-0.39, 0.29) is 35.5 Å². The Kier molecular flexibility index (Phi) is 4.61. The predicted molar refractivity (Wildman–Crippen MR) is 95.4 cm³/mol. The molecular weight excluding hydrogens is 333 g/mol. The molecule has 2 aromatic carbocycles. The first-order chi connectivity index (χ1) is 12.6. The summed E-state index contributed by atoms with van der Waals surface area (Å²) in [5, 5.41) is 9.69. The van der Waals surface area contributed by atoms with Crippen LogP contribution in [0.4, 0.5) is 4.39 Å². The van der Waals surface area contributed by atoms with Gasteiger partial charge in [0, 0.05) is 19.1 Å². The fourth-order valence-corrected chi connectivity index (χ4v) is 3.58. The quantitative estimate of drug-likeness (QED) is 0.771. The second-order valence-corrected chi connectivity index (χ2v) is 7.03. The molecule has 1 heterocycles. The van der Waals surface area contributed by atoms with Gasteiger partial charge in [0.05, 0.1) is 12.0 Å². The van der Waals surface area contributed by atoms with Crippen molar-refractivity contribution in [2.24, 2.45) is 5.92 Å². The highest BCUT2D eigenvalue weighted by molar-refractivity contribution is 5.81. The summed E-state index contributed by atoms with van der Waals surface area (Å²) in [6, 6.07) is 13.4. The van der Waals surface area contributed by atoms with Gasteiger partial charge in [-0.25, -0.2) is 9.82 Å². The van der Waals surface area contributed by atoms with E-state index in [1.54, 1.807) is 24.3 Å². The first kappa shape index (κ1) is 17.0. The zero-order valence-corrected chi connectivity index (χ0v) is 14.4. The maximum atomic E-state index is 13.6. The zero-order valence-electron chi connectivity index (χ0n) is 14.4. The Labute approximate surface area is 151 Å². The average Bonchev–Trinajstić information content (AvgIpc) is 3.34. The summed E-state index contributed by atoms with van der Waals surface area (Å²) in [5.74, 6) is -0.342. The summed E-state index contributed by atoms with van der Waals surface area (Å²) in [7, 11) is 0. The normalized spacial score (nSPS) is 22.3. The molecule has 1 aliphatic carbocycles. The van der Waals surface area contributed by atoms with Gasteiger partial charge in [0.2, 0.25) is 5.91 Å². The lowest BCUT2D eigenvalue weighted by molar-refractivity contribution is -0.136. The SMILES string of the molecule is O=C(C1CNNC1c1cccc(F)c1)N(Cc1cccc(O)c1)C1CC1. The van der Waals surface area contributed by atoms with Crippen LogP contribution in [0.3, 0.4) is 0 Å². The van der Waals surface area contributed by atoms with Crippen LogP contribution in [0, 0.1) is 11.7 Å². The second kappa shape index (κ2) is 7.05. The molecule has 3 N–H and O–H groups in total. The molecule has 2 atom stereocenters. The molecule has 5 nitrogen and oxygen atoms in total. The minimum Gasteiger partial charge on any atom is -0.508 e. The Hall–Kier alpha value is -2.44. The molecule has 0 radical (unpaired) electrons. The number of phenols is 1. The number of hydrazine groups is 1. The van der Waals surface area contributed by atoms with Crippen molar-refractivity contribution in [2.75, 3.05) is 6.54 Å². The van der Waals surface area contributed by atoms with E-state index in [0.29, 0.717) is 13.1 Å². The number of hydrogen-bond acceptors (Lipinski definition) is 4. The number of rotatable bonds is 5. The molecule has 0 bridgehead atoms. The molecule has 0 aromatic heterocycles. The molecule has 136 valence electrons. The lowest BCUT2D eigenvalue weighted by Gasteiger charge is -2.28. The van der Waals surface area contributed by atoms with E-state index in [4.69, 9.17) is 0 Å². The van der Waals surface area contributed by atoms with E-state index in [1.807, 2.05) is 17.0 Å². The molecule has 2 fully saturated rings. The van der Waals surface area contributed by atoms with E-state index < -0.39 is 0 Å². The molecule has 2 unspecified atom stereocenters. The molecule has 26 heavy (non-hydrogen) atoms. The summed E-state index contributed by atoms with van der Waals surface area (Å²) in [5.41, 5.74) is 7.84. The summed E-state index contributed by atoms with van der Waals surface area (Å²) >= 11 is 0. The van der Waals surface area contributed by atoms with Gasteiger partial charge in [0.25, 0.3) is 0 Å². The largest absolute Gasteiger partial charge is 0.508 e. The highest BCUT2D eigenvalue weighted by Gasteiger charge is 2.41. The van der Waals surface area contributed by atoms with E-state index in [9.17, 15) is 14.3 Å². The molecule has 6 heteroatoms. The number of benzene rings is 2. The number of hydrogen-bond donors (Lipinski definition) is 3. The van der Waals surface area contributed by atoms with E-state index in [1.165, 1.54) is 12.1 Å². The van der Waals surface area contributed by atoms with Crippen molar-refractivity contribution >= 4 is 5.91 Å². The number of carbonyl (C=O) groups is 1. The number of amides is 1. The minimum absolute atomic E-state index is 0.0580. The maximum absolute atomic E-state index is 13.6. The Balaban J connectivity index is 1.55. The number of aromatic hydroxyl groups is 1. The van der Waals surface area contributed by atoms with Crippen LogP contribution in [0.1, 0.15) is 30.0 Å². The standard InChI is InChI=1S/C20H22FN3O2/c21-15-5-2-4-14(10-15)19-18(11-22-23-19)20(26)24(16-7-8-16)12-13-3-1-6-17(25)9-13/h1-6,9-10,16,18-19,22-23,25H,7-8,11-12H2. The molecule has 2 aliphatic rings. The number of nitrogens with zero attached hydrogens (tertiary/aromatic N) is 1. The molecule has 1 amide bonds. The van der Waals surface area contributed by atoms with Crippen molar-refractivity contribution in [1.29, 1.82) is 0 Å². The summed E-state index contributed by atoms with van der Waals surface area (Å²) < 4.78 is 13.6. The highest BCUT2D eigenvalue weighted by Crippen LogP contribution is 2.34. The van der Waals surface area contributed by atoms with E-state index in [2.05, 4.69) is 10.9 Å². The first-order valence-corrected chi connectivity index (χ1v) is 8.94. The van der Waals surface area contributed by atoms with Crippen LogP contribution in [-0.2, 0) is 11.3 Å². The monoisotopic (exact) mass is 355 g/mol. The zero-order chi connectivity index (χ0) is 18.1. The predicted octanol–water partition coefficient (Wildman–Crippen LogP) is 2.49. The van der Waals surface area contributed by atoms with Gasteiger partial charge in [-0.1, -0.05) is 24.3 Å². The first-order valence-electron chi connectivity index (χ1n) is 8.94. The van der Waals surface area contributed by atoms with Gasteiger partial charge >= 0.3 is 0 Å². The maximum Gasteiger partial charge on any atom is 0.229 e. The highest BCUT2D eigenvalue weighted by atomic mass is 19.1. The Bertz CT molecular complexity index is 805. The van der Waals surface area contributed by atoms with Gasteiger partial charge < -0.3 is 10.0 Å². The van der Waals surface area contributed by atoms with Crippen LogP contribution in [0.5, 0.6) is 5.75 Å². The van der Waals surface area contributed by atoms with Crippen LogP contribution >= 0.6 is 0 Å². The number of carbonyl (C=O) groups excluding carboxylic acids is 1. The van der Waals surface area contributed by atoms with Gasteiger partial charge in [-0.15, -0.1) is 0 Å². The fraction of sp³-hybridized carbons (Fsp3) is 0.350. The molecular formula is C20H22FN3O2. The number of phenolic OH excluding ortho intramolecular Hbond substituents is 1. The third-order valence-electron chi connectivity index (χ3n) is 5.04. The van der Waals surface area contributed by atoms with Gasteiger partial charge in [-0.2, -0.15) is 0 Å². The van der Waals surface area contributed by atoms with Crippen LogP contribution < -0.4 is 10.9 Å². The van der Waals surface area contributed by atoms with Gasteiger partial charge in [0.1, 0.15) is 11.6 Å². The van der Waals surface area contributed by atoms with Crippen molar-refractivity contribution in [3.63, 3.8) is 0 Å². The lowest BCUT2D eigenvalue weighted by Crippen LogP contribution is -2.40. The molecule has 1 saturated carbocycles. The number of nitrogens with one attached hydrogen (secondary N) is 2. The smallest absolute Gasteiger partial charge is 0.229 e. The van der Waals surface area contributed by atoms with Crippen LogP contribution in [0.15, 0.2) is 48.5 Å². The van der Waals surface area contributed by atoms with Crippen LogP contribution in [0.2, 0.25) is 0 Å². The van der Waals surface area contributed by atoms with Gasteiger partial charge in [-0.3, -0.25) is 10.2 Å².